The van der Waals surface area contributed by atoms with Crippen LogP contribution in [0.15, 0.2) is 6.20 Å². The minimum Gasteiger partial charge on any atom is -0.496 e. The second kappa shape index (κ2) is 7.26. The van der Waals surface area contributed by atoms with Crippen molar-refractivity contribution in [1.82, 2.24) is 15.6 Å². The highest BCUT2D eigenvalue weighted by Crippen LogP contribution is 2.23. The van der Waals surface area contributed by atoms with E-state index in [0.717, 1.165) is 42.0 Å². The molecule has 1 saturated heterocycles. The zero-order valence-corrected chi connectivity index (χ0v) is 12.9. The van der Waals surface area contributed by atoms with Crippen molar-refractivity contribution in [2.45, 2.75) is 39.3 Å². The fourth-order valence-electron chi connectivity index (χ4n) is 2.49. The molecule has 1 atom stereocenters. The number of aryl methyl sites for hydroxylation is 1. The number of rotatable bonds is 5. The number of aromatic nitrogens is 1. The Hall–Kier alpha value is -1.82. The minimum atomic E-state index is -0.203. The van der Waals surface area contributed by atoms with Crippen LogP contribution in [0, 0.1) is 13.8 Å². The zero-order chi connectivity index (χ0) is 15.2. The number of ether oxygens (including phenoxy) is 2. The molecule has 0 saturated carbocycles. The van der Waals surface area contributed by atoms with Crippen molar-refractivity contribution in [2.75, 3.05) is 20.3 Å². The molecule has 0 radical (unpaired) electrons. The number of hydrogen-bond donors (Lipinski definition) is 2. The summed E-state index contributed by atoms with van der Waals surface area (Å²) in [6, 6.07) is -0.203. The van der Waals surface area contributed by atoms with Gasteiger partial charge in [-0.05, 0) is 26.7 Å². The molecule has 6 nitrogen and oxygen atoms in total. The molecule has 2 amide bonds. The van der Waals surface area contributed by atoms with Crippen LogP contribution in [0.4, 0.5) is 4.79 Å². The van der Waals surface area contributed by atoms with Crippen molar-refractivity contribution < 1.29 is 14.3 Å². The third-order valence-corrected chi connectivity index (χ3v) is 3.68. The summed E-state index contributed by atoms with van der Waals surface area (Å²) in [7, 11) is 1.64. The first kappa shape index (κ1) is 15.6. The van der Waals surface area contributed by atoms with Gasteiger partial charge >= 0.3 is 6.03 Å². The van der Waals surface area contributed by atoms with E-state index < -0.39 is 0 Å². The SMILES string of the molecule is COc1c(C)cnc(CNC(=O)NC[C@H]2CCCO2)c1C. The molecule has 1 aliphatic heterocycles. The lowest BCUT2D eigenvalue weighted by Crippen LogP contribution is -2.39. The number of nitrogens with zero attached hydrogens (tertiary/aromatic N) is 1. The van der Waals surface area contributed by atoms with Gasteiger partial charge in [0.1, 0.15) is 5.75 Å². The summed E-state index contributed by atoms with van der Waals surface area (Å²) in [6.45, 7) is 5.61. The Morgan fingerprint density at radius 1 is 1.48 bits per heavy atom. The first-order valence-corrected chi connectivity index (χ1v) is 7.24. The summed E-state index contributed by atoms with van der Waals surface area (Å²) < 4.78 is 10.8. The van der Waals surface area contributed by atoms with Gasteiger partial charge in [-0.1, -0.05) is 0 Å². The maximum absolute atomic E-state index is 11.8. The summed E-state index contributed by atoms with van der Waals surface area (Å²) in [5.41, 5.74) is 2.75. The molecular formula is C15H23N3O3. The monoisotopic (exact) mass is 293 g/mol. The Balaban J connectivity index is 1.83. The number of urea groups is 1. The van der Waals surface area contributed by atoms with E-state index in [1.807, 2.05) is 13.8 Å². The molecule has 1 aromatic rings. The van der Waals surface area contributed by atoms with Crippen molar-refractivity contribution >= 4 is 6.03 Å². The fraction of sp³-hybridized carbons (Fsp3) is 0.600. The van der Waals surface area contributed by atoms with Crippen molar-refractivity contribution in [3.05, 3.63) is 23.0 Å². The molecule has 0 unspecified atom stereocenters. The second-order valence-electron chi connectivity index (χ2n) is 5.24. The topological polar surface area (TPSA) is 72.5 Å². The maximum Gasteiger partial charge on any atom is 0.315 e. The van der Waals surface area contributed by atoms with Crippen LogP contribution in [-0.2, 0) is 11.3 Å². The van der Waals surface area contributed by atoms with Gasteiger partial charge < -0.3 is 20.1 Å². The zero-order valence-electron chi connectivity index (χ0n) is 12.9. The molecule has 1 fully saturated rings. The van der Waals surface area contributed by atoms with Crippen LogP contribution in [0.3, 0.4) is 0 Å². The van der Waals surface area contributed by atoms with E-state index in [2.05, 4.69) is 15.6 Å². The van der Waals surface area contributed by atoms with Crippen LogP contribution >= 0.6 is 0 Å². The van der Waals surface area contributed by atoms with Crippen molar-refractivity contribution in [1.29, 1.82) is 0 Å². The molecule has 0 spiro atoms. The molecule has 6 heteroatoms. The molecule has 1 aliphatic rings. The first-order chi connectivity index (χ1) is 10.1. The van der Waals surface area contributed by atoms with E-state index in [0.29, 0.717) is 13.1 Å². The predicted molar refractivity (Wildman–Crippen MR) is 79.5 cm³/mol. The van der Waals surface area contributed by atoms with Gasteiger partial charge in [-0.2, -0.15) is 0 Å². The molecule has 2 rings (SSSR count). The summed E-state index contributed by atoms with van der Waals surface area (Å²) in [4.78, 5) is 16.1. The maximum atomic E-state index is 11.8. The van der Waals surface area contributed by atoms with E-state index in [-0.39, 0.29) is 12.1 Å². The number of amides is 2. The Labute approximate surface area is 125 Å². The van der Waals surface area contributed by atoms with Crippen molar-refractivity contribution in [2.24, 2.45) is 0 Å². The number of nitrogens with one attached hydrogen (secondary N) is 2. The largest absolute Gasteiger partial charge is 0.496 e. The highest BCUT2D eigenvalue weighted by Gasteiger charge is 2.16. The number of methoxy groups -OCH3 is 1. The number of pyridine rings is 1. The van der Waals surface area contributed by atoms with E-state index in [1.54, 1.807) is 13.3 Å². The lowest BCUT2D eigenvalue weighted by atomic mass is 10.1. The lowest BCUT2D eigenvalue weighted by Gasteiger charge is -2.14. The Bertz CT molecular complexity index is 499. The molecular weight excluding hydrogens is 270 g/mol. The van der Waals surface area contributed by atoms with Gasteiger partial charge in [0.05, 0.1) is 25.5 Å². The van der Waals surface area contributed by atoms with Gasteiger partial charge in [-0.25, -0.2) is 4.79 Å². The van der Waals surface area contributed by atoms with E-state index >= 15 is 0 Å². The summed E-state index contributed by atoms with van der Waals surface area (Å²) in [5.74, 6) is 0.821. The van der Waals surface area contributed by atoms with Crippen molar-refractivity contribution in [3.63, 3.8) is 0 Å². The average molecular weight is 293 g/mol. The first-order valence-electron chi connectivity index (χ1n) is 7.24. The van der Waals surface area contributed by atoms with Gasteiger partial charge in [0.25, 0.3) is 0 Å². The Morgan fingerprint density at radius 3 is 2.95 bits per heavy atom. The Kier molecular flexibility index (Phi) is 5.38. The normalized spacial score (nSPS) is 17.6. The second-order valence-corrected chi connectivity index (χ2v) is 5.24. The lowest BCUT2D eigenvalue weighted by molar-refractivity contribution is 0.111. The number of hydrogen-bond acceptors (Lipinski definition) is 4. The van der Waals surface area contributed by atoms with Crippen LogP contribution in [0.2, 0.25) is 0 Å². The van der Waals surface area contributed by atoms with Crippen LogP contribution < -0.4 is 15.4 Å². The Morgan fingerprint density at radius 2 is 2.29 bits per heavy atom. The molecule has 1 aromatic heterocycles. The molecule has 0 bridgehead atoms. The molecule has 0 aromatic carbocycles. The standard InChI is InChI=1S/C15H23N3O3/c1-10-7-16-13(11(2)14(10)20-3)9-18-15(19)17-8-12-5-4-6-21-12/h7,12H,4-6,8-9H2,1-3H3,(H2,17,18,19)/t12-/m1/s1. The smallest absolute Gasteiger partial charge is 0.315 e. The average Bonchev–Trinajstić information content (AvgIpc) is 2.98. The fourth-order valence-corrected chi connectivity index (χ4v) is 2.49. The molecule has 21 heavy (non-hydrogen) atoms. The van der Waals surface area contributed by atoms with Crippen LogP contribution in [0.5, 0.6) is 5.75 Å². The highest BCUT2D eigenvalue weighted by molar-refractivity contribution is 5.73. The molecule has 2 heterocycles. The van der Waals surface area contributed by atoms with E-state index in [9.17, 15) is 4.79 Å². The summed E-state index contributed by atoms with van der Waals surface area (Å²) in [5, 5.41) is 5.63. The van der Waals surface area contributed by atoms with Gasteiger partial charge in [0.15, 0.2) is 0 Å². The quantitative estimate of drug-likeness (QED) is 0.866. The van der Waals surface area contributed by atoms with E-state index in [1.165, 1.54) is 0 Å². The predicted octanol–water partition coefficient (Wildman–Crippen LogP) is 1.69. The van der Waals surface area contributed by atoms with Gasteiger partial charge in [0.2, 0.25) is 0 Å². The van der Waals surface area contributed by atoms with Crippen molar-refractivity contribution in [3.8, 4) is 5.75 Å². The number of carbonyl (C=O) groups excluding carboxylic acids is 1. The van der Waals surface area contributed by atoms with Gasteiger partial charge in [-0.3, -0.25) is 4.98 Å². The number of carbonyl (C=O) groups is 1. The molecule has 0 aliphatic carbocycles. The van der Waals surface area contributed by atoms with Gasteiger partial charge in [-0.15, -0.1) is 0 Å². The van der Waals surface area contributed by atoms with E-state index in [4.69, 9.17) is 9.47 Å². The highest BCUT2D eigenvalue weighted by atomic mass is 16.5. The van der Waals surface area contributed by atoms with Gasteiger partial charge in [0, 0.05) is 30.5 Å². The van der Waals surface area contributed by atoms with Crippen LogP contribution in [0.25, 0.3) is 0 Å². The van der Waals surface area contributed by atoms with Crippen LogP contribution in [-0.4, -0.2) is 37.4 Å². The summed E-state index contributed by atoms with van der Waals surface area (Å²) in [6.07, 6.45) is 3.98. The third-order valence-electron chi connectivity index (χ3n) is 3.68. The van der Waals surface area contributed by atoms with Crippen LogP contribution in [0.1, 0.15) is 29.7 Å². The third kappa shape index (κ3) is 4.07. The molecule has 2 N–H and O–H groups in total. The minimum absolute atomic E-state index is 0.148. The molecule has 116 valence electrons. The summed E-state index contributed by atoms with van der Waals surface area (Å²) >= 11 is 0.